The van der Waals surface area contributed by atoms with Crippen molar-refractivity contribution in [2.24, 2.45) is 5.92 Å². The quantitative estimate of drug-likeness (QED) is 0.885. The molecule has 2 amide bonds. The number of halogens is 1. The molecule has 0 bridgehead atoms. The lowest BCUT2D eigenvalue weighted by Crippen LogP contribution is -2.33. The average Bonchev–Trinajstić information content (AvgIpc) is 3.16. The van der Waals surface area contributed by atoms with Crippen LogP contribution in [0.3, 0.4) is 0 Å². The molecule has 0 spiro atoms. The number of aromatic nitrogens is 2. The van der Waals surface area contributed by atoms with Crippen molar-refractivity contribution in [1.29, 1.82) is 0 Å². The van der Waals surface area contributed by atoms with Crippen LogP contribution >= 0.6 is 23.1 Å². The van der Waals surface area contributed by atoms with Crippen LogP contribution in [0, 0.1) is 5.92 Å². The Bertz CT molecular complexity index is 751. The number of hydrogen-bond donors (Lipinski definition) is 2. The first kappa shape index (κ1) is 15.7. The summed E-state index contributed by atoms with van der Waals surface area (Å²) in [6.07, 6.45) is 0.465. The molecule has 0 radical (unpaired) electrons. The first-order chi connectivity index (χ1) is 11.0. The fraction of sp³-hybridized carbons (Fsp3) is 0.286. The van der Waals surface area contributed by atoms with Gasteiger partial charge in [0.1, 0.15) is 0 Å². The number of rotatable bonds is 3. The van der Waals surface area contributed by atoms with Crippen molar-refractivity contribution in [1.82, 2.24) is 14.3 Å². The van der Waals surface area contributed by atoms with Crippen molar-refractivity contribution in [3.8, 4) is 11.4 Å². The summed E-state index contributed by atoms with van der Waals surface area (Å²) in [7, 11) is 0. The molecule has 1 unspecified atom stereocenters. The Balaban J connectivity index is 1.65. The summed E-state index contributed by atoms with van der Waals surface area (Å²) in [6.45, 7) is 0.629. The third kappa shape index (κ3) is 3.59. The standard InChI is InChI=1S/C14H13ClN4O3S/c15-10-3-1-2-8(6-10)11-16-13(23-18-11)17-14(22)19-5-4-9(7-19)12(20)21/h1-3,6,9H,4-5,7H2,(H,20,21)(H,16,17,18,22). The first-order valence-corrected chi connectivity index (χ1v) is 8.06. The van der Waals surface area contributed by atoms with Crippen molar-refractivity contribution < 1.29 is 14.7 Å². The van der Waals surface area contributed by atoms with E-state index in [-0.39, 0.29) is 12.6 Å². The molecule has 2 heterocycles. The van der Waals surface area contributed by atoms with Crippen molar-refractivity contribution in [2.45, 2.75) is 6.42 Å². The molecule has 120 valence electrons. The van der Waals surface area contributed by atoms with Gasteiger partial charge in [0.2, 0.25) is 5.13 Å². The predicted octanol–water partition coefficient (Wildman–Crippen LogP) is 2.80. The molecule has 23 heavy (non-hydrogen) atoms. The van der Waals surface area contributed by atoms with Crippen molar-refractivity contribution >= 4 is 40.3 Å². The number of urea groups is 1. The van der Waals surface area contributed by atoms with E-state index in [0.717, 1.165) is 17.1 Å². The van der Waals surface area contributed by atoms with Crippen molar-refractivity contribution in [3.63, 3.8) is 0 Å². The van der Waals surface area contributed by atoms with Crippen LogP contribution in [0.2, 0.25) is 5.02 Å². The second-order valence-electron chi connectivity index (χ2n) is 5.13. The number of anilines is 1. The van der Waals surface area contributed by atoms with Crippen LogP contribution in [0.4, 0.5) is 9.93 Å². The maximum atomic E-state index is 12.1. The second kappa shape index (κ2) is 6.51. The zero-order valence-electron chi connectivity index (χ0n) is 11.9. The van der Waals surface area contributed by atoms with E-state index in [1.807, 2.05) is 6.07 Å². The van der Waals surface area contributed by atoms with Gasteiger partial charge in [-0.05, 0) is 18.6 Å². The van der Waals surface area contributed by atoms with Crippen LogP contribution in [0.1, 0.15) is 6.42 Å². The lowest BCUT2D eigenvalue weighted by atomic mass is 10.1. The van der Waals surface area contributed by atoms with Gasteiger partial charge >= 0.3 is 12.0 Å². The number of nitrogens with one attached hydrogen (secondary N) is 1. The van der Waals surface area contributed by atoms with E-state index < -0.39 is 11.9 Å². The maximum Gasteiger partial charge on any atom is 0.323 e. The minimum atomic E-state index is -0.876. The van der Waals surface area contributed by atoms with Crippen LogP contribution in [0.25, 0.3) is 11.4 Å². The number of carbonyl (C=O) groups is 2. The summed E-state index contributed by atoms with van der Waals surface area (Å²) in [6, 6.07) is 6.77. The molecular formula is C14H13ClN4O3S. The van der Waals surface area contributed by atoms with Crippen LogP contribution in [-0.4, -0.2) is 44.5 Å². The molecule has 1 aliphatic rings. The van der Waals surface area contributed by atoms with Crippen molar-refractivity contribution in [3.05, 3.63) is 29.3 Å². The molecule has 1 saturated heterocycles. The molecule has 1 atom stereocenters. The average molecular weight is 353 g/mol. The lowest BCUT2D eigenvalue weighted by Gasteiger charge is -2.15. The Kier molecular flexibility index (Phi) is 4.44. The minimum Gasteiger partial charge on any atom is -0.481 e. The largest absolute Gasteiger partial charge is 0.481 e. The molecule has 1 aliphatic heterocycles. The minimum absolute atomic E-state index is 0.209. The Morgan fingerprint density at radius 2 is 2.26 bits per heavy atom. The number of nitrogens with zero attached hydrogens (tertiary/aromatic N) is 3. The number of likely N-dealkylation sites (tertiary alicyclic amines) is 1. The molecule has 0 saturated carbocycles. The Morgan fingerprint density at radius 1 is 1.43 bits per heavy atom. The Hall–Kier alpha value is -2.19. The number of hydrogen-bond acceptors (Lipinski definition) is 5. The van der Waals surface area contributed by atoms with Gasteiger partial charge in [0.15, 0.2) is 5.82 Å². The van der Waals surface area contributed by atoms with Gasteiger partial charge in [-0.2, -0.15) is 9.36 Å². The molecular weight excluding hydrogens is 340 g/mol. The molecule has 1 fully saturated rings. The van der Waals surface area contributed by atoms with Gasteiger partial charge < -0.3 is 10.0 Å². The second-order valence-corrected chi connectivity index (χ2v) is 6.32. The van der Waals surface area contributed by atoms with Gasteiger partial charge in [-0.1, -0.05) is 23.7 Å². The zero-order valence-corrected chi connectivity index (χ0v) is 13.5. The van der Waals surface area contributed by atoms with E-state index in [1.165, 1.54) is 4.90 Å². The summed E-state index contributed by atoms with van der Waals surface area (Å²) >= 11 is 7.00. The number of benzene rings is 1. The van der Waals surface area contributed by atoms with E-state index in [1.54, 1.807) is 18.2 Å². The van der Waals surface area contributed by atoms with E-state index >= 15 is 0 Å². The molecule has 1 aromatic heterocycles. The summed E-state index contributed by atoms with van der Waals surface area (Å²) in [5, 5.41) is 12.6. The highest BCUT2D eigenvalue weighted by Crippen LogP contribution is 2.24. The third-order valence-electron chi connectivity index (χ3n) is 3.55. The topological polar surface area (TPSA) is 95.4 Å². The van der Waals surface area contributed by atoms with Crippen LogP contribution in [-0.2, 0) is 4.79 Å². The van der Waals surface area contributed by atoms with Gasteiger partial charge in [0.25, 0.3) is 0 Å². The predicted molar refractivity (Wildman–Crippen MR) is 86.7 cm³/mol. The SMILES string of the molecule is O=C(O)C1CCN(C(=O)Nc2nc(-c3cccc(Cl)c3)ns2)C1. The van der Waals surface area contributed by atoms with Crippen molar-refractivity contribution in [2.75, 3.05) is 18.4 Å². The highest BCUT2D eigenvalue weighted by molar-refractivity contribution is 7.10. The van der Waals surface area contributed by atoms with Gasteiger partial charge in [-0.25, -0.2) is 4.79 Å². The number of carbonyl (C=O) groups excluding carboxylic acids is 1. The van der Waals surface area contributed by atoms with Gasteiger partial charge in [0.05, 0.1) is 5.92 Å². The normalized spacial score (nSPS) is 17.3. The Morgan fingerprint density at radius 3 is 2.96 bits per heavy atom. The highest BCUT2D eigenvalue weighted by Gasteiger charge is 2.31. The van der Waals surface area contributed by atoms with Crippen LogP contribution in [0.5, 0.6) is 0 Å². The molecule has 7 nitrogen and oxygen atoms in total. The first-order valence-electron chi connectivity index (χ1n) is 6.91. The van der Waals surface area contributed by atoms with Crippen LogP contribution in [0.15, 0.2) is 24.3 Å². The van der Waals surface area contributed by atoms with Gasteiger partial charge in [-0.15, -0.1) is 0 Å². The molecule has 0 aliphatic carbocycles. The summed E-state index contributed by atoms with van der Waals surface area (Å²) < 4.78 is 4.19. The fourth-order valence-corrected chi connectivity index (χ4v) is 3.11. The number of aliphatic carboxylic acids is 1. The number of carboxylic acid groups (broad SMARTS) is 1. The fourth-order valence-electron chi connectivity index (χ4n) is 2.34. The van der Waals surface area contributed by atoms with E-state index in [9.17, 15) is 9.59 Å². The number of amides is 2. The monoisotopic (exact) mass is 352 g/mol. The number of carboxylic acids is 1. The summed E-state index contributed by atoms with van der Waals surface area (Å²) in [4.78, 5) is 28.8. The summed E-state index contributed by atoms with van der Waals surface area (Å²) in [5.41, 5.74) is 0.765. The Labute approximate surface area is 141 Å². The van der Waals surface area contributed by atoms with E-state index in [0.29, 0.717) is 28.9 Å². The highest BCUT2D eigenvalue weighted by atomic mass is 35.5. The zero-order chi connectivity index (χ0) is 16.4. The molecule has 1 aromatic carbocycles. The molecule has 3 rings (SSSR count). The molecule has 9 heteroatoms. The smallest absolute Gasteiger partial charge is 0.323 e. The van der Waals surface area contributed by atoms with E-state index in [4.69, 9.17) is 16.7 Å². The van der Waals surface area contributed by atoms with Gasteiger partial charge in [-0.3, -0.25) is 10.1 Å². The summed E-state index contributed by atoms with van der Waals surface area (Å²) in [5.74, 6) is -0.894. The lowest BCUT2D eigenvalue weighted by molar-refractivity contribution is -0.141. The van der Waals surface area contributed by atoms with Crippen LogP contribution < -0.4 is 5.32 Å². The molecule has 2 N–H and O–H groups in total. The maximum absolute atomic E-state index is 12.1. The van der Waals surface area contributed by atoms with E-state index in [2.05, 4.69) is 14.7 Å². The van der Waals surface area contributed by atoms with Gasteiger partial charge in [0, 0.05) is 35.2 Å². The third-order valence-corrected chi connectivity index (χ3v) is 4.41. The molecule has 2 aromatic rings.